The lowest BCUT2D eigenvalue weighted by atomic mass is 10.1. The fourth-order valence-corrected chi connectivity index (χ4v) is 2.09. The fraction of sp³-hybridized carbons (Fsp3) is 0.118. The van der Waals surface area contributed by atoms with Crippen LogP contribution < -0.4 is 0 Å². The van der Waals surface area contributed by atoms with E-state index < -0.39 is 5.97 Å². The van der Waals surface area contributed by atoms with Gasteiger partial charge in [-0.05, 0) is 11.6 Å². The Bertz CT molecular complexity index is 781. The third kappa shape index (κ3) is 3.03. The summed E-state index contributed by atoms with van der Waals surface area (Å²) in [6, 6.07) is 11.6. The summed E-state index contributed by atoms with van der Waals surface area (Å²) >= 11 is 0. The van der Waals surface area contributed by atoms with E-state index in [1.54, 1.807) is 24.7 Å². The van der Waals surface area contributed by atoms with Gasteiger partial charge < -0.3 is 9.30 Å². The van der Waals surface area contributed by atoms with Gasteiger partial charge in [-0.25, -0.2) is 9.78 Å². The number of ether oxygens (including phenoxy) is 1. The molecule has 3 aromatic rings. The van der Waals surface area contributed by atoms with Crippen molar-refractivity contribution in [2.75, 3.05) is 0 Å². The number of hydrogen-bond acceptors (Lipinski definition) is 4. The average Bonchev–Trinajstić information content (AvgIpc) is 2.99. The molecule has 1 aromatic carbocycles. The molecule has 0 saturated carbocycles. The number of pyridine rings is 1. The minimum atomic E-state index is -0.409. The summed E-state index contributed by atoms with van der Waals surface area (Å²) in [4.78, 5) is 20.4. The van der Waals surface area contributed by atoms with Crippen LogP contribution in [-0.4, -0.2) is 20.5 Å². The summed E-state index contributed by atoms with van der Waals surface area (Å²) < 4.78 is 7.09. The number of hydrogen-bond donors (Lipinski definition) is 0. The van der Waals surface area contributed by atoms with E-state index in [0.717, 1.165) is 11.1 Å². The number of aromatic nitrogens is 3. The number of carbonyl (C=O) groups is 1. The lowest BCUT2D eigenvalue weighted by molar-refractivity contribution is 0.0459. The van der Waals surface area contributed by atoms with Crippen LogP contribution in [0.25, 0.3) is 11.1 Å². The van der Waals surface area contributed by atoms with E-state index in [1.165, 1.54) is 6.20 Å². The Balaban J connectivity index is 1.74. The van der Waals surface area contributed by atoms with Crippen LogP contribution in [0, 0.1) is 0 Å². The summed E-state index contributed by atoms with van der Waals surface area (Å²) in [6.07, 6.45) is 6.71. The highest BCUT2D eigenvalue weighted by Crippen LogP contribution is 2.19. The van der Waals surface area contributed by atoms with Crippen molar-refractivity contribution in [1.82, 2.24) is 14.5 Å². The first-order valence-electron chi connectivity index (χ1n) is 6.88. The Labute approximate surface area is 128 Å². The van der Waals surface area contributed by atoms with Crippen LogP contribution in [-0.2, 0) is 18.4 Å². The highest BCUT2D eigenvalue weighted by molar-refractivity contribution is 5.90. The monoisotopic (exact) mass is 293 g/mol. The van der Waals surface area contributed by atoms with Gasteiger partial charge in [0.25, 0.3) is 0 Å². The Morgan fingerprint density at radius 3 is 2.73 bits per heavy atom. The number of aryl methyl sites for hydroxylation is 1. The van der Waals surface area contributed by atoms with E-state index in [4.69, 9.17) is 4.74 Å². The number of rotatable bonds is 4. The van der Waals surface area contributed by atoms with Crippen LogP contribution in [0.5, 0.6) is 0 Å². The summed E-state index contributed by atoms with van der Waals surface area (Å²) in [7, 11) is 1.85. The molecule has 3 rings (SSSR count). The molecule has 0 N–H and O–H groups in total. The number of esters is 1. The van der Waals surface area contributed by atoms with Crippen molar-refractivity contribution in [3.8, 4) is 11.1 Å². The van der Waals surface area contributed by atoms with Gasteiger partial charge in [-0.15, -0.1) is 0 Å². The largest absolute Gasteiger partial charge is 0.454 e. The van der Waals surface area contributed by atoms with Crippen molar-refractivity contribution in [3.05, 3.63) is 72.6 Å². The predicted octanol–water partition coefficient (Wildman–Crippen LogP) is 2.84. The average molecular weight is 293 g/mol. The highest BCUT2D eigenvalue weighted by Gasteiger charge is 2.11. The summed E-state index contributed by atoms with van der Waals surface area (Å²) in [5.74, 6) is 0.286. The van der Waals surface area contributed by atoms with Crippen molar-refractivity contribution in [2.24, 2.45) is 7.05 Å². The minimum Gasteiger partial charge on any atom is -0.454 e. The van der Waals surface area contributed by atoms with Gasteiger partial charge in [-0.2, -0.15) is 0 Å². The zero-order chi connectivity index (χ0) is 15.4. The molecule has 0 aliphatic heterocycles. The first kappa shape index (κ1) is 14.0. The molecule has 2 heterocycles. The van der Waals surface area contributed by atoms with Crippen molar-refractivity contribution in [3.63, 3.8) is 0 Å². The number of carbonyl (C=O) groups excluding carboxylic acids is 1. The fourth-order valence-electron chi connectivity index (χ4n) is 2.09. The van der Waals surface area contributed by atoms with Crippen LogP contribution in [0.3, 0.4) is 0 Å². The van der Waals surface area contributed by atoms with Crippen LogP contribution in [0.15, 0.2) is 61.2 Å². The second kappa shape index (κ2) is 6.22. The maximum absolute atomic E-state index is 12.1. The molecule has 5 nitrogen and oxygen atoms in total. The molecule has 0 bridgehead atoms. The number of nitrogens with zero attached hydrogens (tertiary/aromatic N) is 3. The normalized spacial score (nSPS) is 10.4. The molecular formula is C17H15N3O2. The van der Waals surface area contributed by atoms with Gasteiger partial charge >= 0.3 is 5.97 Å². The molecule has 0 amide bonds. The summed E-state index contributed by atoms with van der Waals surface area (Å²) in [5.41, 5.74) is 2.32. The summed E-state index contributed by atoms with van der Waals surface area (Å²) in [6.45, 7) is 0.137. The Hall–Kier alpha value is -2.95. The molecule has 0 aliphatic carbocycles. The third-order valence-electron chi connectivity index (χ3n) is 3.33. The molecule has 0 unspecified atom stereocenters. The van der Waals surface area contributed by atoms with Crippen LogP contribution in [0.4, 0.5) is 0 Å². The van der Waals surface area contributed by atoms with Crippen LogP contribution in [0.1, 0.15) is 16.2 Å². The Kier molecular flexibility index (Phi) is 3.96. The SMILES string of the molecule is Cn1ccnc1COC(=O)c1cncc(-c2ccccc2)c1. The highest BCUT2D eigenvalue weighted by atomic mass is 16.5. The first-order chi connectivity index (χ1) is 10.7. The van der Waals surface area contributed by atoms with E-state index in [0.29, 0.717) is 11.4 Å². The van der Waals surface area contributed by atoms with Crippen molar-refractivity contribution in [2.45, 2.75) is 6.61 Å². The van der Waals surface area contributed by atoms with Gasteiger partial charge in [0.15, 0.2) is 0 Å². The van der Waals surface area contributed by atoms with E-state index in [1.807, 2.05) is 41.9 Å². The van der Waals surface area contributed by atoms with Crippen molar-refractivity contribution < 1.29 is 9.53 Å². The topological polar surface area (TPSA) is 57.0 Å². The van der Waals surface area contributed by atoms with E-state index in [2.05, 4.69) is 9.97 Å². The maximum Gasteiger partial charge on any atom is 0.340 e. The second-order valence-electron chi connectivity index (χ2n) is 4.86. The molecule has 0 radical (unpaired) electrons. The number of benzene rings is 1. The number of imidazole rings is 1. The van der Waals surface area contributed by atoms with Crippen LogP contribution in [0.2, 0.25) is 0 Å². The van der Waals surface area contributed by atoms with E-state index in [-0.39, 0.29) is 6.61 Å². The van der Waals surface area contributed by atoms with Gasteiger partial charge in [-0.1, -0.05) is 30.3 Å². The molecule has 0 atom stereocenters. The minimum absolute atomic E-state index is 0.137. The van der Waals surface area contributed by atoms with Crippen molar-refractivity contribution >= 4 is 5.97 Å². The standard InChI is InChI=1S/C17H15N3O2/c1-20-8-7-19-16(20)12-22-17(21)15-9-14(10-18-11-15)13-5-3-2-4-6-13/h2-11H,12H2,1H3. The molecule has 0 aliphatic rings. The van der Waals surface area contributed by atoms with Gasteiger partial charge in [0.2, 0.25) is 0 Å². The smallest absolute Gasteiger partial charge is 0.340 e. The van der Waals surface area contributed by atoms with Gasteiger partial charge in [0.1, 0.15) is 12.4 Å². The molecule has 0 fully saturated rings. The lowest BCUT2D eigenvalue weighted by Gasteiger charge is -2.06. The molecule has 5 heteroatoms. The van der Waals surface area contributed by atoms with Gasteiger partial charge in [0.05, 0.1) is 5.56 Å². The molecule has 22 heavy (non-hydrogen) atoms. The maximum atomic E-state index is 12.1. The molecule has 0 saturated heterocycles. The zero-order valence-corrected chi connectivity index (χ0v) is 12.1. The van der Waals surface area contributed by atoms with E-state index >= 15 is 0 Å². The second-order valence-corrected chi connectivity index (χ2v) is 4.86. The Morgan fingerprint density at radius 2 is 2.00 bits per heavy atom. The summed E-state index contributed by atoms with van der Waals surface area (Å²) in [5, 5.41) is 0. The molecule has 0 spiro atoms. The third-order valence-corrected chi connectivity index (χ3v) is 3.33. The zero-order valence-electron chi connectivity index (χ0n) is 12.1. The lowest BCUT2D eigenvalue weighted by Crippen LogP contribution is -2.08. The van der Waals surface area contributed by atoms with Gasteiger partial charge in [0, 0.05) is 37.4 Å². The van der Waals surface area contributed by atoms with Gasteiger partial charge in [-0.3, -0.25) is 4.98 Å². The van der Waals surface area contributed by atoms with Crippen LogP contribution >= 0.6 is 0 Å². The first-order valence-corrected chi connectivity index (χ1v) is 6.88. The quantitative estimate of drug-likeness (QED) is 0.694. The molecule has 2 aromatic heterocycles. The van der Waals surface area contributed by atoms with Crippen molar-refractivity contribution in [1.29, 1.82) is 0 Å². The Morgan fingerprint density at radius 1 is 1.18 bits per heavy atom. The molecule has 110 valence electrons. The molecular weight excluding hydrogens is 278 g/mol. The van der Waals surface area contributed by atoms with E-state index in [9.17, 15) is 4.79 Å². The predicted molar refractivity (Wildman–Crippen MR) is 82.0 cm³/mol.